The molecule has 5 heteroatoms. The van der Waals surface area contributed by atoms with Crippen molar-refractivity contribution in [3.63, 3.8) is 0 Å². The van der Waals surface area contributed by atoms with E-state index in [2.05, 4.69) is 11.7 Å². The molecule has 0 radical (unpaired) electrons. The fourth-order valence-electron chi connectivity index (χ4n) is 2.18. The van der Waals surface area contributed by atoms with Crippen LogP contribution in [-0.4, -0.2) is 60.9 Å². The van der Waals surface area contributed by atoms with Crippen molar-refractivity contribution in [1.82, 2.24) is 0 Å². The average molecular weight is 343 g/mol. The van der Waals surface area contributed by atoms with Gasteiger partial charge in [0.2, 0.25) is 0 Å². The summed E-state index contributed by atoms with van der Waals surface area (Å²) in [7, 11) is 0. The molecule has 0 aromatic heterocycles. The van der Waals surface area contributed by atoms with E-state index in [1.54, 1.807) is 0 Å². The molecule has 0 aliphatic carbocycles. The molecule has 0 aliphatic rings. The fourth-order valence-corrected chi connectivity index (χ4v) is 2.18. The molecule has 0 rings (SSSR count). The summed E-state index contributed by atoms with van der Waals surface area (Å²) in [5.74, 6) is -1.39. The van der Waals surface area contributed by atoms with Gasteiger partial charge in [-0.15, -0.1) is 0 Å². The zero-order chi connectivity index (χ0) is 15.9. The summed E-state index contributed by atoms with van der Waals surface area (Å²) in [6.07, 6.45) is 12.4. The van der Waals surface area contributed by atoms with E-state index in [0.29, 0.717) is 0 Å². The Morgan fingerprint density at radius 1 is 0.864 bits per heavy atom. The van der Waals surface area contributed by atoms with Crippen molar-refractivity contribution in [2.24, 2.45) is 0 Å². The SMILES string of the molecule is CCCCCCCCCCCCCC(=O)OC(=O)C(C)O.[CaH2]. The number of hydrogen-bond acceptors (Lipinski definition) is 4. The molecular weight excluding hydrogens is 308 g/mol. The van der Waals surface area contributed by atoms with Crippen LogP contribution in [0.5, 0.6) is 0 Å². The van der Waals surface area contributed by atoms with Crippen LogP contribution < -0.4 is 0 Å². The summed E-state index contributed by atoms with van der Waals surface area (Å²) in [6.45, 7) is 3.52. The van der Waals surface area contributed by atoms with Crippen LogP contribution in [0, 0.1) is 0 Å². The second-order valence-electron chi connectivity index (χ2n) is 5.75. The van der Waals surface area contributed by atoms with E-state index in [1.165, 1.54) is 58.3 Å². The summed E-state index contributed by atoms with van der Waals surface area (Å²) in [5, 5.41) is 8.90. The van der Waals surface area contributed by atoms with Gasteiger partial charge >= 0.3 is 49.7 Å². The van der Waals surface area contributed by atoms with Gasteiger partial charge in [-0.2, -0.15) is 0 Å². The third kappa shape index (κ3) is 16.7. The second kappa shape index (κ2) is 17.7. The van der Waals surface area contributed by atoms with Crippen LogP contribution >= 0.6 is 0 Å². The van der Waals surface area contributed by atoms with E-state index < -0.39 is 18.0 Å². The van der Waals surface area contributed by atoms with Crippen molar-refractivity contribution >= 4 is 49.7 Å². The van der Waals surface area contributed by atoms with Crippen LogP contribution in [0.1, 0.15) is 90.9 Å². The van der Waals surface area contributed by atoms with Crippen LogP contribution in [0.25, 0.3) is 0 Å². The van der Waals surface area contributed by atoms with Crippen molar-refractivity contribution in [1.29, 1.82) is 0 Å². The van der Waals surface area contributed by atoms with Gasteiger partial charge in [-0.3, -0.25) is 4.79 Å². The van der Waals surface area contributed by atoms with E-state index in [4.69, 9.17) is 5.11 Å². The van der Waals surface area contributed by atoms with Crippen LogP contribution in [-0.2, 0) is 14.3 Å². The van der Waals surface area contributed by atoms with Crippen LogP contribution in [0.2, 0.25) is 0 Å². The van der Waals surface area contributed by atoms with E-state index in [-0.39, 0.29) is 44.2 Å². The molecule has 0 spiro atoms. The van der Waals surface area contributed by atoms with Gasteiger partial charge in [0.25, 0.3) is 0 Å². The van der Waals surface area contributed by atoms with Crippen molar-refractivity contribution in [3.8, 4) is 0 Å². The molecule has 1 unspecified atom stereocenters. The molecule has 0 saturated heterocycles. The molecule has 0 fully saturated rings. The fraction of sp³-hybridized carbons (Fsp3) is 0.882. The number of rotatable bonds is 13. The van der Waals surface area contributed by atoms with Gasteiger partial charge in [0.1, 0.15) is 6.10 Å². The standard InChI is InChI=1S/C17H32O4.Ca.2H/c1-3-4-5-6-7-8-9-10-11-12-13-14-16(19)21-17(20)15(2)18;;;/h15,18H,3-14H2,1-2H3;;;. The Morgan fingerprint density at radius 3 is 1.68 bits per heavy atom. The summed E-state index contributed by atoms with van der Waals surface area (Å²) in [4.78, 5) is 22.2. The topological polar surface area (TPSA) is 63.6 Å². The maximum atomic E-state index is 11.3. The number of unbranched alkanes of at least 4 members (excludes halogenated alkanes) is 10. The Labute approximate surface area is 165 Å². The summed E-state index contributed by atoms with van der Waals surface area (Å²) in [6, 6.07) is 0. The van der Waals surface area contributed by atoms with Crippen LogP contribution in [0.3, 0.4) is 0 Å². The number of aliphatic hydroxyl groups excluding tert-OH is 1. The van der Waals surface area contributed by atoms with Crippen molar-refractivity contribution in [2.75, 3.05) is 0 Å². The molecule has 0 aromatic carbocycles. The molecule has 1 atom stereocenters. The first-order valence-corrected chi connectivity index (χ1v) is 8.50. The maximum absolute atomic E-state index is 11.3. The van der Waals surface area contributed by atoms with Gasteiger partial charge in [0.15, 0.2) is 0 Å². The predicted octanol–water partition coefficient (Wildman–Crippen LogP) is 3.22. The minimum absolute atomic E-state index is 0. The van der Waals surface area contributed by atoms with E-state index in [9.17, 15) is 9.59 Å². The first-order valence-electron chi connectivity index (χ1n) is 8.50. The molecule has 0 aliphatic heterocycles. The number of carbonyl (C=O) groups is 2. The zero-order valence-corrected chi connectivity index (χ0v) is 13.7. The van der Waals surface area contributed by atoms with Gasteiger partial charge in [0.05, 0.1) is 0 Å². The summed E-state index contributed by atoms with van der Waals surface area (Å²) >= 11 is 0. The van der Waals surface area contributed by atoms with Crippen molar-refractivity contribution in [3.05, 3.63) is 0 Å². The molecule has 0 aromatic rings. The normalized spacial score (nSPS) is 11.6. The molecule has 0 amide bonds. The predicted molar refractivity (Wildman–Crippen MR) is 92.4 cm³/mol. The molecule has 0 saturated carbocycles. The van der Waals surface area contributed by atoms with E-state index >= 15 is 0 Å². The van der Waals surface area contributed by atoms with Gasteiger partial charge in [-0.25, -0.2) is 4.79 Å². The molecule has 22 heavy (non-hydrogen) atoms. The monoisotopic (exact) mass is 342 g/mol. The minimum atomic E-state index is -1.23. The number of ether oxygens (including phenoxy) is 1. The number of carbonyl (C=O) groups excluding carboxylic acids is 2. The third-order valence-electron chi connectivity index (χ3n) is 3.54. The van der Waals surface area contributed by atoms with Crippen LogP contribution in [0.15, 0.2) is 0 Å². The van der Waals surface area contributed by atoms with Gasteiger partial charge in [-0.05, 0) is 13.3 Å². The van der Waals surface area contributed by atoms with Crippen molar-refractivity contribution in [2.45, 2.75) is 97.0 Å². The number of esters is 2. The van der Waals surface area contributed by atoms with Gasteiger partial charge in [0, 0.05) is 6.42 Å². The Bertz CT molecular complexity index is 280. The van der Waals surface area contributed by atoms with Gasteiger partial charge < -0.3 is 9.84 Å². The van der Waals surface area contributed by atoms with E-state index in [0.717, 1.165) is 19.3 Å². The Morgan fingerprint density at radius 2 is 1.27 bits per heavy atom. The third-order valence-corrected chi connectivity index (χ3v) is 3.54. The quantitative estimate of drug-likeness (QED) is 0.242. The zero-order valence-electron chi connectivity index (χ0n) is 13.7. The number of aliphatic hydroxyl groups is 1. The second-order valence-corrected chi connectivity index (χ2v) is 5.75. The summed E-state index contributed by atoms with van der Waals surface area (Å²) in [5.41, 5.74) is 0. The Hall–Kier alpha value is 0.360. The molecule has 4 nitrogen and oxygen atoms in total. The molecule has 128 valence electrons. The van der Waals surface area contributed by atoms with E-state index in [1.807, 2.05) is 0 Å². The Kier molecular flexibility index (Phi) is 19.8. The van der Waals surface area contributed by atoms with Crippen molar-refractivity contribution < 1.29 is 19.4 Å². The molecule has 0 bridgehead atoms. The molecular formula is C17H34CaO4. The molecule has 1 N–H and O–H groups in total. The van der Waals surface area contributed by atoms with Gasteiger partial charge in [-0.1, -0.05) is 71.1 Å². The number of hydrogen-bond donors (Lipinski definition) is 1. The first kappa shape index (κ1) is 24.6. The summed E-state index contributed by atoms with van der Waals surface area (Å²) < 4.78 is 4.48. The average Bonchev–Trinajstić information content (AvgIpc) is 2.44. The Balaban J connectivity index is 0. The molecule has 0 heterocycles. The van der Waals surface area contributed by atoms with Crippen LogP contribution in [0.4, 0.5) is 0 Å². The first-order chi connectivity index (χ1) is 10.1.